The number of fused-ring (bicyclic) bond motifs is 2. The first kappa shape index (κ1) is 21.7. The van der Waals surface area contributed by atoms with Gasteiger partial charge in [-0.25, -0.2) is 9.78 Å². The number of nitrogens with zero attached hydrogens (tertiary/aromatic N) is 3. The van der Waals surface area contributed by atoms with E-state index in [1.807, 2.05) is 28.9 Å². The molecule has 1 N–H and O–H groups in total. The number of urea groups is 1. The summed E-state index contributed by atoms with van der Waals surface area (Å²) in [5.41, 5.74) is 6.66. The highest BCUT2D eigenvalue weighted by Gasteiger charge is 2.28. The van der Waals surface area contributed by atoms with Gasteiger partial charge in [0, 0.05) is 18.7 Å². The first-order valence-electron chi connectivity index (χ1n) is 12.5. The number of carbonyl (C=O) groups excluding carboxylic acids is 1. The summed E-state index contributed by atoms with van der Waals surface area (Å²) in [4.78, 5) is 25.2. The van der Waals surface area contributed by atoms with E-state index in [-0.39, 0.29) is 6.03 Å². The zero-order chi connectivity index (χ0) is 23.8. The van der Waals surface area contributed by atoms with E-state index in [4.69, 9.17) is 4.74 Å². The van der Waals surface area contributed by atoms with Gasteiger partial charge in [0.25, 0.3) is 0 Å². The lowest BCUT2D eigenvalue weighted by Crippen LogP contribution is -2.46. The minimum Gasteiger partial charge on any atom is -0.491 e. The highest BCUT2D eigenvalue weighted by atomic mass is 16.5. The van der Waals surface area contributed by atoms with Crippen molar-refractivity contribution in [3.8, 4) is 16.9 Å². The van der Waals surface area contributed by atoms with Gasteiger partial charge in [0.1, 0.15) is 18.2 Å². The number of aromatic amines is 1. The lowest BCUT2D eigenvalue weighted by molar-refractivity contribution is 0.133. The quantitative estimate of drug-likeness (QED) is 0.410. The molecule has 4 aromatic rings. The largest absolute Gasteiger partial charge is 0.491 e. The summed E-state index contributed by atoms with van der Waals surface area (Å²) in [6, 6.07) is 23.3. The average molecular weight is 467 g/mol. The zero-order valence-corrected chi connectivity index (χ0v) is 20.0. The summed E-state index contributed by atoms with van der Waals surface area (Å²) in [6.07, 6.45) is 2.02. The van der Waals surface area contributed by atoms with Crippen molar-refractivity contribution in [1.29, 1.82) is 0 Å². The molecule has 0 aliphatic carbocycles. The number of aromatic nitrogens is 2. The maximum absolute atomic E-state index is 13.4. The molecule has 0 spiro atoms. The van der Waals surface area contributed by atoms with Crippen LogP contribution in [0.1, 0.15) is 35.7 Å². The third-order valence-electron chi connectivity index (χ3n) is 7.28. The SMILES string of the molecule is Cc1nc2ccc(-c3ccc4c(c3)CN(C(=O)N3CCC(c5ccccc5)CC3)CCO4)cc2[nH]1. The molecule has 6 nitrogen and oxygen atoms in total. The van der Waals surface area contributed by atoms with Crippen LogP contribution in [0.3, 0.4) is 0 Å². The van der Waals surface area contributed by atoms with E-state index in [1.165, 1.54) is 5.56 Å². The van der Waals surface area contributed by atoms with Crippen LogP contribution >= 0.6 is 0 Å². The monoisotopic (exact) mass is 466 g/mol. The Morgan fingerprint density at radius 1 is 0.943 bits per heavy atom. The summed E-state index contributed by atoms with van der Waals surface area (Å²) in [7, 11) is 0. The number of rotatable bonds is 2. The maximum atomic E-state index is 13.4. The maximum Gasteiger partial charge on any atom is 0.320 e. The van der Waals surface area contributed by atoms with Gasteiger partial charge in [-0.05, 0) is 66.6 Å². The topological polar surface area (TPSA) is 61.5 Å². The predicted molar refractivity (Wildman–Crippen MR) is 138 cm³/mol. The minimum absolute atomic E-state index is 0.118. The molecule has 178 valence electrons. The fraction of sp³-hybridized carbons (Fsp3) is 0.310. The Morgan fingerprint density at radius 3 is 2.54 bits per heavy atom. The van der Waals surface area contributed by atoms with E-state index in [0.717, 1.165) is 65.2 Å². The van der Waals surface area contributed by atoms with Gasteiger partial charge in [0.05, 0.1) is 24.1 Å². The Balaban J connectivity index is 1.18. The molecule has 1 saturated heterocycles. The van der Waals surface area contributed by atoms with Crippen molar-refractivity contribution < 1.29 is 9.53 Å². The van der Waals surface area contributed by atoms with Crippen molar-refractivity contribution in [2.45, 2.75) is 32.2 Å². The standard InChI is InChI=1S/C29H30N4O2/c1-20-30-26-9-7-24(18-27(26)31-20)23-8-10-28-25(17-23)19-33(15-16-35-28)29(34)32-13-11-22(12-14-32)21-5-3-2-4-6-21/h2-10,17-18,22H,11-16,19H2,1H3,(H,30,31). The highest BCUT2D eigenvalue weighted by molar-refractivity contribution is 5.82. The Morgan fingerprint density at radius 2 is 1.71 bits per heavy atom. The van der Waals surface area contributed by atoms with Crippen LogP contribution in [0.25, 0.3) is 22.2 Å². The Hall–Kier alpha value is -3.80. The average Bonchev–Trinajstić information content (AvgIpc) is 3.14. The van der Waals surface area contributed by atoms with E-state index < -0.39 is 0 Å². The van der Waals surface area contributed by atoms with E-state index in [1.54, 1.807) is 0 Å². The third-order valence-corrected chi connectivity index (χ3v) is 7.28. The summed E-state index contributed by atoms with van der Waals surface area (Å²) in [5.74, 6) is 2.31. The normalized spacial score (nSPS) is 16.6. The van der Waals surface area contributed by atoms with Gasteiger partial charge >= 0.3 is 6.03 Å². The van der Waals surface area contributed by atoms with Gasteiger partial charge in [-0.3, -0.25) is 0 Å². The van der Waals surface area contributed by atoms with Crippen LogP contribution in [-0.4, -0.2) is 52.0 Å². The number of imidazole rings is 1. The number of aryl methyl sites for hydroxylation is 1. The zero-order valence-electron chi connectivity index (χ0n) is 20.0. The molecule has 0 radical (unpaired) electrons. The molecule has 0 atom stereocenters. The van der Waals surface area contributed by atoms with Gasteiger partial charge in [-0.15, -0.1) is 0 Å². The van der Waals surface area contributed by atoms with Crippen LogP contribution in [-0.2, 0) is 6.54 Å². The van der Waals surface area contributed by atoms with Crippen molar-refractivity contribution in [1.82, 2.24) is 19.8 Å². The number of ether oxygens (including phenoxy) is 1. The molecule has 1 aromatic heterocycles. The second-order valence-electron chi connectivity index (χ2n) is 9.60. The molecule has 0 saturated carbocycles. The Labute approximate surface area is 205 Å². The number of likely N-dealkylation sites (tertiary alicyclic amines) is 1. The van der Waals surface area contributed by atoms with Crippen LogP contribution in [0.5, 0.6) is 5.75 Å². The van der Waals surface area contributed by atoms with Crippen LogP contribution < -0.4 is 4.74 Å². The Kier molecular flexibility index (Phi) is 5.64. The fourth-order valence-electron chi connectivity index (χ4n) is 5.38. The molecule has 35 heavy (non-hydrogen) atoms. The van der Waals surface area contributed by atoms with E-state index in [2.05, 4.69) is 64.6 Å². The predicted octanol–water partition coefficient (Wildman–Crippen LogP) is 5.73. The lowest BCUT2D eigenvalue weighted by Gasteiger charge is -2.35. The molecule has 6 rings (SSSR count). The number of benzene rings is 3. The summed E-state index contributed by atoms with van der Waals surface area (Å²) < 4.78 is 6.03. The molecule has 6 heteroatoms. The molecular weight excluding hydrogens is 436 g/mol. The number of carbonyl (C=O) groups is 1. The molecule has 0 unspecified atom stereocenters. The van der Waals surface area contributed by atoms with Gasteiger partial charge in [-0.1, -0.05) is 42.5 Å². The fourth-order valence-corrected chi connectivity index (χ4v) is 5.38. The molecule has 2 amide bonds. The molecular formula is C29H30N4O2. The highest BCUT2D eigenvalue weighted by Crippen LogP contribution is 2.32. The van der Waals surface area contributed by atoms with Crippen LogP contribution in [0.4, 0.5) is 4.79 Å². The molecule has 3 aromatic carbocycles. The number of H-pyrrole nitrogens is 1. The molecule has 2 aliphatic heterocycles. The number of nitrogens with one attached hydrogen (secondary N) is 1. The second kappa shape index (κ2) is 9.10. The Bertz CT molecular complexity index is 1360. The van der Waals surface area contributed by atoms with Gasteiger partial charge < -0.3 is 19.5 Å². The minimum atomic E-state index is 0.118. The third kappa shape index (κ3) is 4.36. The van der Waals surface area contributed by atoms with Crippen LogP contribution in [0, 0.1) is 6.92 Å². The van der Waals surface area contributed by atoms with E-state index in [9.17, 15) is 4.79 Å². The number of piperidine rings is 1. The molecule has 1 fully saturated rings. The lowest BCUT2D eigenvalue weighted by atomic mass is 9.89. The number of hydrogen-bond acceptors (Lipinski definition) is 3. The number of amides is 2. The van der Waals surface area contributed by atoms with Crippen molar-refractivity contribution in [2.24, 2.45) is 0 Å². The number of hydrogen-bond donors (Lipinski definition) is 1. The van der Waals surface area contributed by atoms with Crippen molar-refractivity contribution >= 4 is 17.1 Å². The van der Waals surface area contributed by atoms with Gasteiger partial charge in [0.15, 0.2) is 0 Å². The van der Waals surface area contributed by atoms with Gasteiger partial charge in [-0.2, -0.15) is 0 Å². The summed E-state index contributed by atoms with van der Waals surface area (Å²) >= 11 is 0. The molecule has 0 bridgehead atoms. The van der Waals surface area contributed by atoms with Crippen molar-refractivity contribution in [3.05, 3.63) is 83.7 Å². The smallest absolute Gasteiger partial charge is 0.320 e. The molecule has 2 aliphatic rings. The second-order valence-corrected chi connectivity index (χ2v) is 9.60. The van der Waals surface area contributed by atoms with Crippen molar-refractivity contribution in [3.63, 3.8) is 0 Å². The first-order chi connectivity index (χ1) is 17.1. The van der Waals surface area contributed by atoms with Crippen molar-refractivity contribution in [2.75, 3.05) is 26.2 Å². The van der Waals surface area contributed by atoms with E-state index in [0.29, 0.717) is 25.6 Å². The summed E-state index contributed by atoms with van der Waals surface area (Å²) in [5, 5.41) is 0. The van der Waals surface area contributed by atoms with Crippen LogP contribution in [0.2, 0.25) is 0 Å². The summed E-state index contributed by atoms with van der Waals surface area (Å²) in [6.45, 7) is 5.23. The first-order valence-corrected chi connectivity index (χ1v) is 12.5. The van der Waals surface area contributed by atoms with E-state index >= 15 is 0 Å². The van der Waals surface area contributed by atoms with Crippen LogP contribution in [0.15, 0.2) is 66.7 Å². The molecule has 3 heterocycles. The van der Waals surface area contributed by atoms with Gasteiger partial charge in [0.2, 0.25) is 0 Å².